The van der Waals surface area contributed by atoms with Gasteiger partial charge in [0.05, 0.1) is 20.3 Å². The topological polar surface area (TPSA) is 64.6 Å². The summed E-state index contributed by atoms with van der Waals surface area (Å²) in [6.45, 7) is 0. The van der Waals surface area contributed by atoms with Crippen LogP contribution in [0.2, 0.25) is 0 Å². The van der Waals surface area contributed by atoms with Gasteiger partial charge < -0.3 is 14.8 Å². The summed E-state index contributed by atoms with van der Waals surface area (Å²) in [5.74, 6) is -0.866. The molecule has 0 saturated carbocycles. The minimum Gasteiger partial charge on any atom is -0.468 e. The molecular weight excluding hydrogens is 366 g/mol. The SMILES string of the molecule is COC(=O)C1(C(=O)OC)CCC2c3c(cccc3NC2/C=C/c2ccccc2)C1. The lowest BCUT2D eigenvalue weighted by atomic mass is 9.78. The van der Waals surface area contributed by atoms with E-state index in [1.807, 2.05) is 30.3 Å². The maximum absolute atomic E-state index is 12.7. The maximum Gasteiger partial charge on any atom is 0.323 e. The highest BCUT2D eigenvalue weighted by molar-refractivity contribution is 6.00. The largest absolute Gasteiger partial charge is 0.468 e. The highest BCUT2D eigenvalue weighted by Crippen LogP contribution is 2.49. The minimum absolute atomic E-state index is 0.0949. The molecule has 2 aliphatic rings. The van der Waals surface area contributed by atoms with Gasteiger partial charge >= 0.3 is 11.9 Å². The molecule has 0 spiro atoms. The second kappa shape index (κ2) is 7.74. The van der Waals surface area contributed by atoms with E-state index in [2.05, 4.69) is 35.7 Å². The number of nitrogens with one attached hydrogen (secondary N) is 1. The van der Waals surface area contributed by atoms with E-state index in [-0.39, 0.29) is 12.0 Å². The Labute approximate surface area is 170 Å². The van der Waals surface area contributed by atoms with E-state index in [1.165, 1.54) is 19.8 Å². The van der Waals surface area contributed by atoms with Gasteiger partial charge in [-0.3, -0.25) is 9.59 Å². The zero-order valence-corrected chi connectivity index (χ0v) is 16.7. The van der Waals surface area contributed by atoms with Crippen LogP contribution in [0.5, 0.6) is 0 Å². The number of rotatable bonds is 4. The van der Waals surface area contributed by atoms with Gasteiger partial charge in [-0.15, -0.1) is 0 Å². The van der Waals surface area contributed by atoms with E-state index in [0.717, 1.165) is 16.8 Å². The third-order valence-corrected chi connectivity index (χ3v) is 6.15. The molecule has 0 radical (unpaired) electrons. The molecule has 0 amide bonds. The Bertz CT molecular complexity index is 935. The number of esters is 2. The van der Waals surface area contributed by atoms with Crippen molar-refractivity contribution in [1.82, 2.24) is 0 Å². The van der Waals surface area contributed by atoms with Gasteiger partial charge in [0.2, 0.25) is 0 Å². The van der Waals surface area contributed by atoms with Crippen LogP contribution in [0, 0.1) is 5.41 Å². The molecule has 1 N–H and O–H groups in total. The van der Waals surface area contributed by atoms with Crippen LogP contribution in [0.4, 0.5) is 5.69 Å². The van der Waals surface area contributed by atoms with Crippen molar-refractivity contribution in [2.45, 2.75) is 31.2 Å². The van der Waals surface area contributed by atoms with Crippen LogP contribution >= 0.6 is 0 Å². The number of carbonyl (C=O) groups is 2. The Balaban J connectivity index is 1.71. The van der Waals surface area contributed by atoms with Crippen LogP contribution in [0.25, 0.3) is 6.08 Å². The zero-order chi connectivity index (χ0) is 20.4. The van der Waals surface area contributed by atoms with Gasteiger partial charge in [0.25, 0.3) is 0 Å². The fraction of sp³-hybridized carbons (Fsp3) is 0.333. The molecular formula is C24H25NO4. The van der Waals surface area contributed by atoms with Crippen molar-refractivity contribution >= 4 is 23.7 Å². The lowest BCUT2D eigenvalue weighted by Gasteiger charge is -2.27. The lowest BCUT2D eigenvalue weighted by Crippen LogP contribution is -2.43. The summed E-state index contributed by atoms with van der Waals surface area (Å²) in [5.41, 5.74) is 3.11. The molecule has 0 bridgehead atoms. The van der Waals surface area contributed by atoms with Crippen LogP contribution in [0.15, 0.2) is 54.6 Å². The van der Waals surface area contributed by atoms with Gasteiger partial charge in [0, 0.05) is 11.6 Å². The van der Waals surface area contributed by atoms with Gasteiger partial charge in [0.15, 0.2) is 5.41 Å². The van der Waals surface area contributed by atoms with Crippen LogP contribution < -0.4 is 5.32 Å². The van der Waals surface area contributed by atoms with Crippen LogP contribution in [-0.2, 0) is 25.5 Å². The molecule has 1 aliphatic carbocycles. The monoisotopic (exact) mass is 391 g/mol. The Kier molecular flexibility index (Phi) is 5.14. The summed E-state index contributed by atoms with van der Waals surface area (Å²) in [6.07, 6.45) is 5.66. The van der Waals surface area contributed by atoms with Crippen molar-refractivity contribution in [2.75, 3.05) is 19.5 Å². The Hall–Kier alpha value is -3.08. The second-order valence-corrected chi connectivity index (χ2v) is 7.71. The van der Waals surface area contributed by atoms with E-state index in [4.69, 9.17) is 9.47 Å². The highest BCUT2D eigenvalue weighted by Gasteiger charge is 2.52. The molecule has 5 heteroatoms. The Morgan fingerprint density at radius 1 is 1.03 bits per heavy atom. The van der Waals surface area contributed by atoms with E-state index in [0.29, 0.717) is 19.3 Å². The van der Waals surface area contributed by atoms with Gasteiger partial charge in [0.1, 0.15) is 0 Å². The second-order valence-electron chi connectivity index (χ2n) is 7.71. The van der Waals surface area contributed by atoms with Crippen molar-refractivity contribution in [3.05, 3.63) is 71.3 Å². The number of carbonyl (C=O) groups excluding carboxylic acids is 2. The summed E-state index contributed by atoms with van der Waals surface area (Å²) < 4.78 is 10.1. The molecule has 5 nitrogen and oxygen atoms in total. The fourth-order valence-electron chi connectivity index (χ4n) is 4.71. The van der Waals surface area contributed by atoms with Crippen molar-refractivity contribution < 1.29 is 19.1 Å². The first kappa shape index (κ1) is 19.2. The Morgan fingerprint density at radius 3 is 2.45 bits per heavy atom. The maximum atomic E-state index is 12.7. The van der Waals surface area contributed by atoms with E-state index >= 15 is 0 Å². The first-order valence-electron chi connectivity index (χ1n) is 9.87. The van der Waals surface area contributed by atoms with Crippen LogP contribution in [-0.4, -0.2) is 32.2 Å². The molecule has 2 aromatic carbocycles. The number of methoxy groups -OCH3 is 2. The number of hydrogen-bond acceptors (Lipinski definition) is 5. The molecule has 2 unspecified atom stereocenters. The zero-order valence-electron chi connectivity index (χ0n) is 16.7. The van der Waals surface area contributed by atoms with Crippen LogP contribution in [0.3, 0.4) is 0 Å². The molecule has 1 aliphatic heterocycles. The van der Waals surface area contributed by atoms with Gasteiger partial charge in [-0.25, -0.2) is 0 Å². The molecule has 4 rings (SSSR count). The van der Waals surface area contributed by atoms with Crippen molar-refractivity contribution in [3.8, 4) is 0 Å². The normalized spacial score (nSPS) is 21.7. The lowest BCUT2D eigenvalue weighted by molar-refractivity contribution is -0.169. The molecule has 2 aromatic rings. The average molecular weight is 391 g/mol. The summed E-state index contributed by atoms with van der Waals surface area (Å²) in [4.78, 5) is 25.4. The average Bonchev–Trinajstić information content (AvgIpc) is 3.02. The van der Waals surface area contributed by atoms with Crippen LogP contribution in [0.1, 0.15) is 35.4 Å². The van der Waals surface area contributed by atoms with Gasteiger partial charge in [-0.2, -0.15) is 0 Å². The Morgan fingerprint density at radius 2 is 1.76 bits per heavy atom. The van der Waals surface area contributed by atoms with Crippen molar-refractivity contribution in [2.24, 2.45) is 5.41 Å². The van der Waals surface area contributed by atoms with E-state index in [9.17, 15) is 9.59 Å². The molecule has 2 atom stereocenters. The summed E-state index contributed by atoms with van der Waals surface area (Å²) in [7, 11) is 2.65. The molecule has 29 heavy (non-hydrogen) atoms. The predicted molar refractivity (Wildman–Crippen MR) is 111 cm³/mol. The molecule has 0 aromatic heterocycles. The third kappa shape index (κ3) is 3.31. The van der Waals surface area contributed by atoms with Gasteiger partial charge in [-0.05, 0) is 42.0 Å². The first-order chi connectivity index (χ1) is 14.1. The van der Waals surface area contributed by atoms with Crippen molar-refractivity contribution in [3.63, 3.8) is 0 Å². The number of hydrogen-bond donors (Lipinski definition) is 1. The predicted octanol–water partition coefficient (Wildman–Crippen LogP) is 3.95. The van der Waals surface area contributed by atoms with E-state index < -0.39 is 17.4 Å². The van der Waals surface area contributed by atoms with Crippen molar-refractivity contribution in [1.29, 1.82) is 0 Å². The number of anilines is 1. The van der Waals surface area contributed by atoms with E-state index in [1.54, 1.807) is 0 Å². The first-order valence-corrected chi connectivity index (χ1v) is 9.87. The molecule has 0 fully saturated rings. The van der Waals surface area contributed by atoms with Gasteiger partial charge in [-0.1, -0.05) is 54.6 Å². The minimum atomic E-state index is -1.29. The molecule has 150 valence electrons. The number of ether oxygens (including phenoxy) is 2. The number of benzene rings is 2. The smallest absolute Gasteiger partial charge is 0.323 e. The summed E-state index contributed by atoms with van der Waals surface area (Å²) in [5, 5.41) is 3.61. The summed E-state index contributed by atoms with van der Waals surface area (Å²) in [6, 6.07) is 16.3. The third-order valence-electron chi connectivity index (χ3n) is 6.15. The summed E-state index contributed by atoms with van der Waals surface area (Å²) >= 11 is 0. The fourth-order valence-corrected chi connectivity index (χ4v) is 4.71. The highest BCUT2D eigenvalue weighted by atomic mass is 16.5. The standard InChI is InChI=1S/C24H25NO4/c1-28-22(26)24(23(27)29-2)14-13-18-19(12-11-16-7-4-3-5-8-16)25-20-10-6-9-17(15-24)21(18)20/h3-12,18-19,25H,13-15H2,1-2H3/b12-11+. The molecule has 0 saturated heterocycles. The quantitative estimate of drug-likeness (QED) is 0.632. The molecule has 1 heterocycles.